The molecule has 3 heterocycles. The number of anilines is 2. The average Bonchev–Trinajstić information content (AvgIpc) is 3.59. The number of piperazine rings is 1. The Hall–Kier alpha value is -3.00. The van der Waals surface area contributed by atoms with Crippen LogP contribution in [0.15, 0.2) is 36.7 Å². The summed E-state index contributed by atoms with van der Waals surface area (Å²) in [6.07, 6.45) is 5.86. The summed E-state index contributed by atoms with van der Waals surface area (Å²) in [5.41, 5.74) is 2.35. The Morgan fingerprint density at radius 1 is 1.10 bits per heavy atom. The van der Waals surface area contributed by atoms with Crippen molar-refractivity contribution >= 4 is 22.7 Å². The number of nitrogens with one attached hydrogen (secondary N) is 1. The molecule has 30 heavy (non-hydrogen) atoms. The number of aromatic nitrogens is 3. The monoisotopic (exact) mass is 408 g/mol. The van der Waals surface area contributed by atoms with Crippen molar-refractivity contribution in [3.63, 3.8) is 0 Å². The number of methoxy groups -OCH3 is 1. The van der Waals surface area contributed by atoms with E-state index in [0.717, 1.165) is 48.8 Å². The van der Waals surface area contributed by atoms with E-state index in [1.54, 1.807) is 25.6 Å². The van der Waals surface area contributed by atoms with Crippen molar-refractivity contribution < 1.29 is 9.13 Å². The molecule has 2 fully saturated rings. The molecule has 3 aromatic rings. The maximum absolute atomic E-state index is 14.3. The number of halogens is 1. The standard InChI is InChI=1S/C22H25FN6O/c1-30-17-5-2-15(18(23)12-17)14-28-8-10-29(11-9-28)22-21(25-16-3-4-16)26-19-6-7-24-13-20(19)27-22/h2,5-7,12-13,16H,3-4,8-11,14H2,1H3,(H,25,26). The predicted molar refractivity (Wildman–Crippen MR) is 114 cm³/mol. The number of nitrogens with zero attached hydrogens (tertiary/aromatic N) is 5. The summed E-state index contributed by atoms with van der Waals surface area (Å²) < 4.78 is 19.4. The van der Waals surface area contributed by atoms with Crippen LogP contribution in [0.5, 0.6) is 5.75 Å². The Morgan fingerprint density at radius 2 is 1.93 bits per heavy atom. The van der Waals surface area contributed by atoms with Gasteiger partial charge in [0.25, 0.3) is 0 Å². The second kappa shape index (κ2) is 8.02. The van der Waals surface area contributed by atoms with Crippen LogP contribution in [0.4, 0.5) is 16.0 Å². The fourth-order valence-corrected chi connectivity index (χ4v) is 3.78. The molecule has 1 aliphatic heterocycles. The number of pyridine rings is 1. The van der Waals surface area contributed by atoms with Gasteiger partial charge in [-0.15, -0.1) is 0 Å². The van der Waals surface area contributed by atoms with Crippen molar-refractivity contribution in [3.05, 3.63) is 48.0 Å². The lowest BCUT2D eigenvalue weighted by Crippen LogP contribution is -2.46. The van der Waals surface area contributed by atoms with Crippen LogP contribution in [0.3, 0.4) is 0 Å². The van der Waals surface area contributed by atoms with E-state index >= 15 is 0 Å². The zero-order chi connectivity index (χ0) is 20.5. The second-order valence-electron chi connectivity index (χ2n) is 7.90. The number of hydrogen-bond acceptors (Lipinski definition) is 7. The highest BCUT2D eigenvalue weighted by molar-refractivity contribution is 5.80. The molecule has 1 N–H and O–H groups in total. The molecule has 1 saturated carbocycles. The van der Waals surface area contributed by atoms with E-state index in [1.807, 2.05) is 12.1 Å². The number of ether oxygens (including phenoxy) is 1. The van der Waals surface area contributed by atoms with Gasteiger partial charge >= 0.3 is 0 Å². The molecule has 5 rings (SSSR count). The Morgan fingerprint density at radius 3 is 2.67 bits per heavy atom. The normalized spacial score (nSPS) is 17.3. The maximum Gasteiger partial charge on any atom is 0.172 e. The first-order valence-electron chi connectivity index (χ1n) is 10.4. The quantitative estimate of drug-likeness (QED) is 0.672. The molecule has 7 nitrogen and oxygen atoms in total. The van der Waals surface area contributed by atoms with Gasteiger partial charge in [-0.05, 0) is 25.0 Å². The van der Waals surface area contributed by atoms with Gasteiger partial charge in [-0.2, -0.15) is 0 Å². The molecule has 0 bridgehead atoms. The van der Waals surface area contributed by atoms with Crippen molar-refractivity contribution in [2.75, 3.05) is 43.5 Å². The molecule has 8 heteroatoms. The van der Waals surface area contributed by atoms with Gasteiger partial charge in [-0.25, -0.2) is 14.4 Å². The average molecular weight is 408 g/mol. The minimum absolute atomic E-state index is 0.222. The molecule has 1 aliphatic carbocycles. The van der Waals surface area contributed by atoms with Crippen molar-refractivity contribution in [2.45, 2.75) is 25.4 Å². The first-order chi connectivity index (χ1) is 14.7. The van der Waals surface area contributed by atoms with Gasteiger partial charge in [0, 0.05) is 56.6 Å². The van der Waals surface area contributed by atoms with Crippen LogP contribution >= 0.6 is 0 Å². The lowest BCUT2D eigenvalue weighted by atomic mass is 10.1. The summed E-state index contributed by atoms with van der Waals surface area (Å²) in [5.74, 6) is 2.06. The van der Waals surface area contributed by atoms with E-state index in [0.29, 0.717) is 23.9 Å². The fourth-order valence-electron chi connectivity index (χ4n) is 3.78. The number of rotatable bonds is 6. The Kier molecular flexibility index (Phi) is 5.08. The molecule has 156 valence electrons. The zero-order valence-electron chi connectivity index (χ0n) is 17.0. The molecule has 1 saturated heterocycles. The van der Waals surface area contributed by atoms with E-state index < -0.39 is 0 Å². The molecule has 1 aromatic carbocycles. The van der Waals surface area contributed by atoms with Crippen molar-refractivity contribution in [3.8, 4) is 5.75 Å². The molecule has 0 amide bonds. The van der Waals surface area contributed by atoms with E-state index in [1.165, 1.54) is 18.9 Å². The van der Waals surface area contributed by atoms with Gasteiger partial charge in [0.2, 0.25) is 0 Å². The van der Waals surface area contributed by atoms with Crippen LogP contribution in [0, 0.1) is 5.82 Å². The molecule has 2 aromatic heterocycles. The van der Waals surface area contributed by atoms with Crippen LogP contribution in [-0.4, -0.2) is 59.2 Å². The summed E-state index contributed by atoms with van der Waals surface area (Å²) >= 11 is 0. The number of hydrogen-bond donors (Lipinski definition) is 1. The predicted octanol–water partition coefficient (Wildman–Crippen LogP) is 3.07. The minimum atomic E-state index is -0.222. The van der Waals surface area contributed by atoms with Gasteiger partial charge in [0.15, 0.2) is 11.6 Å². The van der Waals surface area contributed by atoms with Gasteiger partial charge in [0.05, 0.1) is 18.8 Å². The summed E-state index contributed by atoms with van der Waals surface area (Å²) in [7, 11) is 1.55. The molecule has 0 atom stereocenters. The van der Waals surface area contributed by atoms with E-state index in [4.69, 9.17) is 14.7 Å². The van der Waals surface area contributed by atoms with Crippen LogP contribution in [-0.2, 0) is 6.54 Å². The first kappa shape index (κ1) is 19.0. The van der Waals surface area contributed by atoms with E-state index in [9.17, 15) is 4.39 Å². The van der Waals surface area contributed by atoms with Crippen molar-refractivity contribution in [2.24, 2.45) is 0 Å². The Bertz CT molecular complexity index is 1050. The zero-order valence-corrected chi connectivity index (χ0v) is 17.0. The lowest BCUT2D eigenvalue weighted by molar-refractivity contribution is 0.246. The highest BCUT2D eigenvalue weighted by Gasteiger charge is 2.27. The molecule has 0 spiro atoms. The third-order valence-corrected chi connectivity index (χ3v) is 5.69. The molecule has 0 radical (unpaired) electrons. The molecular formula is C22H25FN6O. The largest absolute Gasteiger partial charge is 0.497 e. The van der Waals surface area contributed by atoms with Crippen LogP contribution < -0.4 is 15.0 Å². The third-order valence-electron chi connectivity index (χ3n) is 5.69. The topological polar surface area (TPSA) is 66.4 Å². The minimum Gasteiger partial charge on any atom is -0.497 e. The van der Waals surface area contributed by atoms with Gasteiger partial charge in [-0.1, -0.05) is 6.07 Å². The fraction of sp³-hybridized carbons (Fsp3) is 0.409. The molecule has 2 aliphatic rings. The highest BCUT2D eigenvalue weighted by Crippen LogP contribution is 2.31. The maximum atomic E-state index is 14.3. The summed E-state index contributed by atoms with van der Waals surface area (Å²) in [6, 6.07) is 7.45. The van der Waals surface area contributed by atoms with Gasteiger partial charge in [-0.3, -0.25) is 9.88 Å². The Labute approximate surface area is 174 Å². The SMILES string of the molecule is COc1ccc(CN2CCN(c3nc4cnccc4nc3NC3CC3)CC2)c(F)c1. The van der Waals surface area contributed by atoms with E-state index in [-0.39, 0.29) is 5.82 Å². The second-order valence-corrected chi connectivity index (χ2v) is 7.90. The number of benzene rings is 1. The third kappa shape index (κ3) is 4.00. The van der Waals surface area contributed by atoms with Crippen molar-refractivity contribution in [1.29, 1.82) is 0 Å². The van der Waals surface area contributed by atoms with Crippen molar-refractivity contribution in [1.82, 2.24) is 19.9 Å². The highest BCUT2D eigenvalue weighted by atomic mass is 19.1. The van der Waals surface area contributed by atoms with Gasteiger partial charge < -0.3 is 15.0 Å². The molecular weight excluding hydrogens is 383 g/mol. The lowest BCUT2D eigenvalue weighted by Gasteiger charge is -2.36. The molecule has 0 unspecified atom stereocenters. The summed E-state index contributed by atoms with van der Waals surface area (Å²) in [4.78, 5) is 18.4. The van der Waals surface area contributed by atoms with Crippen LogP contribution in [0.2, 0.25) is 0 Å². The summed E-state index contributed by atoms with van der Waals surface area (Å²) in [5, 5.41) is 3.53. The first-order valence-corrected chi connectivity index (χ1v) is 10.4. The Balaban J connectivity index is 1.30. The van der Waals surface area contributed by atoms with Crippen LogP contribution in [0.25, 0.3) is 11.0 Å². The number of fused-ring (bicyclic) bond motifs is 1. The van der Waals surface area contributed by atoms with Crippen LogP contribution in [0.1, 0.15) is 18.4 Å². The smallest absolute Gasteiger partial charge is 0.172 e. The van der Waals surface area contributed by atoms with E-state index in [2.05, 4.69) is 20.1 Å². The summed E-state index contributed by atoms with van der Waals surface area (Å²) in [6.45, 7) is 3.89. The van der Waals surface area contributed by atoms with Gasteiger partial charge in [0.1, 0.15) is 17.1 Å².